The number of nitrogens with zero attached hydrogens (tertiary/aromatic N) is 2. The van der Waals surface area contributed by atoms with Crippen LogP contribution in [0.15, 0.2) is 59.5 Å². The largest absolute Gasteiger partial charge is 0.361 e. The molecular formula is C23H25N5O2. The van der Waals surface area contributed by atoms with Crippen molar-refractivity contribution >= 4 is 27.8 Å². The van der Waals surface area contributed by atoms with E-state index in [1.54, 1.807) is 0 Å². The van der Waals surface area contributed by atoms with Gasteiger partial charge in [-0.3, -0.25) is 9.36 Å². The summed E-state index contributed by atoms with van der Waals surface area (Å²) in [6.07, 6.45) is 3.93. The number of fused-ring (bicyclic) bond motifs is 2. The van der Waals surface area contributed by atoms with Gasteiger partial charge in [-0.15, -0.1) is 0 Å². The van der Waals surface area contributed by atoms with Crippen LogP contribution in [0.25, 0.3) is 21.9 Å². The molecule has 0 saturated carbocycles. The summed E-state index contributed by atoms with van der Waals surface area (Å²) >= 11 is 0. The van der Waals surface area contributed by atoms with Crippen molar-refractivity contribution in [2.24, 2.45) is 5.73 Å². The lowest BCUT2D eigenvalue weighted by Crippen LogP contribution is -2.48. The van der Waals surface area contributed by atoms with Crippen molar-refractivity contribution in [2.45, 2.75) is 31.3 Å². The molecule has 2 aromatic carbocycles. The monoisotopic (exact) mass is 403 g/mol. The predicted molar refractivity (Wildman–Crippen MR) is 117 cm³/mol. The number of piperidine rings is 1. The molecule has 1 unspecified atom stereocenters. The lowest BCUT2D eigenvalue weighted by atomic mass is 10.0. The van der Waals surface area contributed by atoms with Crippen LogP contribution in [0.5, 0.6) is 0 Å². The Morgan fingerprint density at radius 3 is 2.57 bits per heavy atom. The van der Waals surface area contributed by atoms with E-state index in [4.69, 9.17) is 5.73 Å². The highest BCUT2D eigenvalue weighted by molar-refractivity contribution is 5.86. The van der Waals surface area contributed by atoms with Crippen LogP contribution >= 0.6 is 0 Å². The van der Waals surface area contributed by atoms with Gasteiger partial charge in [-0.2, -0.15) is 0 Å². The van der Waals surface area contributed by atoms with E-state index in [1.807, 2.05) is 64.2 Å². The van der Waals surface area contributed by atoms with Gasteiger partial charge in [-0.1, -0.05) is 30.3 Å². The molecule has 4 N–H and O–H groups in total. The number of carbonyl (C=O) groups is 1. The number of hydrogen-bond acceptors (Lipinski definition) is 3. The molecule has 0 spiro atoms. The fraction of sp³-hybridized carbons (Fsp3) is 0.304. The molecule has 154 valence electrons. The van der Waals surface area contributed by atoms with Gasteiger partial charge in [0.25, 0.3) is 0 Å². The Hall–Kier alpha value is -3.32. The second-order valence-corrected chi connectivity index (χ2v) is 8.04. The number of carbonyl (C=O) groups excluding carboxylic acids is 1. The van der Waals surface area contributed by atoms with Gasteiger partial charge in [0.05, 0.1) is 17.1 Å². The molecule has 1 fully saturated rings. The number of H-pyrrole nitrogens is 2. The highest BCUT2D eigenvalue weighted by Gasteiger charge is 2.29. The molecule has 7 heteroatoms. The Morgan fingerprint density at radius 2 is 1.77 bits per heavy atom. The van der Waals surface area contributed by atoms with Crippen molar-refractivity contribution in [2.75, 3.05) is 13.1 Å². The summed E-state index contributed by atoms with van der Waals surface area (Å²) in [5, 5.41) is 1.11. The Morgan fingerprint density at radius 1 is 1.07 bits per heavy atom. The predicted octanol–water partition coefficient (Wildman–Crippen LogP) is 2.54. The van der Waals surface area contributed by atoms with Crippen molar-refractivity contribution in [3.05, 3.63) is 70.8 Å². The summed E-state index contributed by atoms with van der Waals surface area (Å²) in [5.41, 5.74) is 10.1. The molecule has 1 saturated heterocycles. The molecule has 2 aromatic heterocycles. The number of likely N-dealkylation sites (tertiary alicyclic amines) is 1. The molecule has 1 atom stereocenters. The van der Waals surface area contributed by atoms with Gasteiger partial charge in [0.1, 0.15) is 0 Å². The number of hydrogen-bond donors (Lipinski definition) is 3. The quantitative estimate of drug-likeness (QED) is 0.488. The van der Waals surface area contributed by atoms with Crippen LogP contribution in [0, 0.1) is 0 Å². The Labute approximate surface area is 173 Å². The molecule has 0 aliphatic carbocycles. The van der Waals surface area contributed by atoms with Gasteiger partial charge in [-0.05, 0) is 43.0 Å². The average Bonchev–Trinajstić information content (AvgIpc) is 3.33. The topological polar surface area (TPSA) is 99.9 Å². The van der Waals surface area contributed by atoms with E-state index >= 15 is 0 Å². The minimum Gasteiger partial charge on any atom is -0.361 e. The maximum Gasteiger partial charge on any atom is 0.326 e. The van der Waals surface area contributed by atoms with Crippen LogP contribution < -0.4 is 11.4 Å². The van der Waals surface area contributed by atoms with Crippen LogP contribution in [0.4, 0.5) is 0 Å². The lowest BCUT2D eigenvalue weighted by molar-refractivity contribution is -0.133. The maximum atomic E-state index is 12.9. The van der Waals surface area contributed by atoms with Gasteiger partial charge >= 0.3 is 5.69 Å². The molecule has 1 aliphatic rings. The van der Waals surface area contributed by atoms with Crippen molar-refractivity contribution in [1.82, 2.24) is 19.4 Å². The fourth-order valence-electron chi connectivity index (χ4n) is 4.64. The molecule has 0 bridgehead atoms. The normalized spacial score (nSPS) is 16.4. The number of nitrogens with two attached hydrogens (primary N) is 1. The zero-order valence-corrected chi connectivity index (χ0v) is 16.7. The van der Waals surface area contributed by atoms with Crippen molar-refractivity contribution < 1.29 is 4.79 Å². The summed E-state index contributed by atoms with van der Waals surface area (Å²) in [5.74, 6) is -0.0231. The SMILES string of the molecule is NC(Cc1c[nH]c2ccccc12)C(=O)N1CCC(n2c(=O)[nH]c3ccccc32)CC1. The third kappa shape index (κ3) is 3.21. The van der Waals surface area contributed by atoms with Gasteiger partial charge < -0.3 is 20.6 Å². The number of aromatic amines is 2. The number of para-hydroxylation sites is 3. The minimum absolute atomic E-state index is 0.0231. The Balaban J connectivity index is 1.26. The first-order valence-corrected chi connectivity index (χ1v) is 10.4. The highest BCUT2D eigenvalue weighted by Crippen LogP contribution is 2.25. The van der Waals surface area contributed by atoms with Crippen LogP contribution in [0.3, 0.4) is 0 Å². The molecule has 0 radical (unpaired) electrons. The molecule has 1 aliphatic heterocycles. The van der Waals surface area contributed by atoms with E-state index in [0.717, 1.165) is 40.3 Å². The molecular weight excluding hydrogens is 378 g/mol. The van der Waals surface area contributed by atoms with Gasteiger partial charge in [0.15, 0.2) is 0 Å². The average molecular weight is 403 g/mol. The zero-order valence-electron chi connectivity index (χ0n) is 16.7. The summed E-state index contributed by atoms with van der Waals surface area (Å²) < 4.78 is 1.84. The molecule has 1 amide bonds. The second-order valence-electron chi connectivity index (χ2n) is 8.04. The number of nitrogens with one attached hydrogen (secondary N) is 2. The van der Waals surface area contributed by atoms with Crippen LogP contribution in [-0.4, -0.2) is 44.5 Å². The zero-order chi connectivity index (χ0) is 20.7. The first-order valence-electron chi connectivity index (χ1n) is 10.4. The maximum absolute atomic E-state index is 12.9. The highest BCUT2D eigenvalue weighted by atomic mass is 16.2. The summed E-state index contributed by atoms with van der Waals surface area (Å²) in [7, 11) is 0. The second kappa shape index (κ2) is 7.50. The summed E-state index contributed by atoms with van der Waals surface area (Å²) in [4.78, 5) is 33.4. The number of benzene rings is 2. The first-order chi connectivity index (χ1) is 14.6. The lowest BCUT2D eigenvalue weighted by Gasteiger charge is -2.34. The van der Waals surface area contributed by atoms with Gasteiger partial charge in [0.2, 0.25) is 5.91 Å². The van der Waals surface area contributed by atoms with E-state index in [2.05, 4.69) is 9.97 Å². The van der Waals surface area contributed by atoms with E-state index in [-0.39, 0.29) is 17.6 Å². The standard InChI is InChI=1S/C23H25N5O2/c24-18(13-15-14-25-19-6-2-1-5-17(15)19)22(29)27-11-9-16(10-12-27)28-21-8-4-3-7-20(21)26-23(28)30/h1-8,14,16,18,25H,9-13,24H2,(H,26,30). The van der Waals surface area contributed by atoms with E-state index in [9.17, 15) is 9.59 Å². The third-order valence-electron chi connectivity index (χ3n) is 6.20. The van der Waals surface area contributed by atoms with E-state index in [0.29, 0.717) is 19.5 Å². The number of amides is 1. The molecule has 7 nitrogen and oxygen atoms in total. The van der Waals surface area contributed by atoms with Gasteiger partial charge in [-0.25, -0.2) is 4.79 Å². The van der Waals surface area contributed by atoms with Crippen LogP contribution in [0.1, 0.15) is 24.4 Å². The number of aromatic nitrogens is 3. The smallest absolute Gasteiger partial charge is 0.326 e. The van der Waals surface area contributed by atoms with Gasteiger partial charge in [0, 0.05) is 36.2 Å². The first kappa shape index (κ1) is 18.7. The summed E-state index contributed by atoms with van der Waals surface area (Å²) in [6.45, 7) is 1.22. The minimum atomic E-state index is -0.573. The number of rotatable bonds is 4. The molecule has 30 heavy (non-hydrogen) atoms. The Bertz CT molecular complexity index is 1260. The molecule has 3 heterocycles. The Kier molecular flexibility index (Phi) is 4.67. The summed E-state index contributed by atoms with van der Waals surface area (Å²) in [6, 6.07) is 15.3. The van der Waals surface area contributed by atoms with Crippen molar-refractivity contribution in [3.63, 3.8) is 0 Å². The van der Waals surface area contributed by atoms with E-state index in [1.165, 1.54) is 0 Å². The van der Waals surface area contributed by atoms with Crippen molar-refractivity contribution in [3.8, 4) is 0 Å². The molecule has 4 aromatic rings. The van der Waals surface area contributed by atoms with E-state index < -0.39 is 6.04 Å². The van der Waals surface area contributed by atoms with Crippen molar-refractivity contribution in [1.29, 1.82) is 0 Å². The fourth-order valence-corrected chi connectivity index (χ4v) is 4.64. The van der Waals surface area contributed by atoms with Crippen LogP contribution in [-0.2, 0) is 11.2 Å². The third-order valence-corrected chi connectivity index (χ3v) is 6.20. The number of imidazole rings is 1. The molecule has 5 rings (SSSR count). The van der Waals surface area contributed by atoms with Crippen LogP contribution in [0.2, 0.25) is 0 Å².